The Morgan fingerprint density at radius 3 is 2.71 bits per heavy atom. The number of carbonyl (C=O) groups excluding carboxylic acids is 1. The van der Waals surface area contributed by atoms with Crippen LogP contribution in [0.15, 0.2) is 51.7 Å². The number of ether oxygens (including phenoxy) is 2. The Morgan fingerprint density at radius 1 is 1.09 bits per heavy atom. The third-order valence-electron chi connectivity index (χ3n) is 6.55. The van der Waals surface area contributed by atoms with Crippen molar-refractivity contribution < 1.29 is 23.1 Å². The minimum Gasteiger partial charge on any atom is -0.494 e. The zero-order chi connectivity index (χ0) is 24.4. The van der Waals surface area contributed by atoms with E-state index in [1.807, 2.05) is 31.2 Å². The molecule has 2 aliphatic rings. The molecule has 1 saturated heterocycles. The first-order valence-electron chi connectivity index (χ1n) is 12.2. The summed E-state index contributed by atoms with van der Waals surface area (Å²) in [5.74, 6) is -0.141. The van der Waals surface area contributed by atoms with Crippen molar-refractivity contribution in [3.63, 3.8) is 0 Å². The molecule has 0 radical (unpaired) electrons. The topological polar surface area (TPSA) is 72.2 Å². The molecule has 2 aromatic carbocycles. The molecule has 3 heterocycles. The zero-order valence-corrected chi connectivity index (χ0v) is 19.8. The maximum atomic E-state index is 14.0. The van der Waals surface area contributed by atoms with Crippen LogP contribution in [0.2, 0.25) is 0 Å². The van der Waals surface area contributed by atoms with Crippen molar-refractivity contribution in [1.29, 1.82) is 0 Å². The number of nitrogens with zero attached hydrogens (tertiary/aromatic N) is 2. The maximum absolute atomic E-state index is 14.0. The number of carbonyl (C=O) groups is 1. The molecule has 1 amide bonds. The molecule has 1 fully saturated rings. The molecule has 184 valence electrons. The lowest BCUT2D eigenvalue weighted by Gasteiger charge is -2.29. The molecule has 3 aromatic rings. The molecule has 5 rings (SSSR count). The van der Waals surface area contributed by atoms with Crippen LogP contribution in [0.4, 0.5) is 4.39 Å². The van der Waals surface area contributed by atoms with Gasteiger partial charge in [0.2, 0.25) is 5.76 Å². The second-order valence-electron chi connectivity index (χ2n) is 8.94. The lowest BCUT2D eigenvalue weighted by atomic mass is 9.98. The number of morpholine rings is 1. The Morgan fingerprint density at radius 2 is 1.91 bits per heavy atom. The second kappa shape index (κ2) is 10.2. The fraction of sp³-hybridized carbons (Fsp3) is 0.407. The van der Waals surface area contributed by atoms with E-state index in [9.17, 15) is 14.0 Å². The second-order valence-corrected chi connectivity index (χ2v) is 8.94. The highest BCUT2D eigenvalue weighted by molar-refractivity contribution is 5.99. The van der Waals surface area contributed by atoms with Gasteiger partial charge >= 0.3 is 0 Å². The Bertz CT molecular complexity index is 1280. The normalized spacial score (nSPS) is 18.3. The van der Waals surface area contributed by atoms with Crippen LogP contribution in [0, 0.1) is 5.82 Å². The third kappa shape index (κ3) is 4.68. The van der Waals surface area contributed by atoms with Gasteiger partial charge in [-0.15, -0.1) is 0 Å². The van der Waals surface area contributed by atoms with E-state index in [0.717, 1.165) is 38.0 Å². The number of benzene rings is 2. The van der Waals surface area contributed by atoms with Gasteiger partial charge in [-0.1, -0.05) is 19.1 Å². The van der Waals surface area contributed by atoms with E-state index in [0.29, 0.717) is 32.1 Å². The highest BCUT2D eigenvalue weighted by Gasteiger charge is 2.42. The summed E-state index contributed by atoms with van der Waals surface area (Å²) in [6.07, 6.45) is 1.61. The highest BCUT2D eigenvalue weighted by Crippen LogP contribution is 2.39. The smallest absolute Gasteiger partial charge is 0.290 e. The monoisotopic (exact) mass is 480 g/mol. The number of halogens is 1. The van der Waals surface area contributed by atoms with Gasteiger partial charge in [-0.25, -0.2) is 4.39 Å². The minimum absolute atomic E-state index is 0.0327. The summed E-state index contributed by atoms with van der Waals surface area (Å²) >= 11 is 0. The first kappa shape index (κ1) is 23.5. The van der Waals surface area contributed by atoms with Crippen molar-refractivity contribution in [2.24, 2.45) is 0 Å². The standard InChI is InChI=1S/C27H29FN2O5/c1-2-13-34-20-6-3-5-18(16-20)24-23-25(31)21-17-19(28)7-8-22(21)35-26(23)27(32)30(24)10-4-9-29-11-14-33-15-12-29/h3,5-8,16-17,24H,2,4,9-15H2,1H3/t24-/m0/s1. The number of hydrogen-bond acceptors (Lipinski definition) is 6. The van der Waals surface area contributed by atoms with Gasteiger partial charge in [0.25, 0.3) is 5.91 Å². The maximum Gasteiger partial charge on any atom is 0.290 e. The van der Waals surface area contributed by atoms with Crippen molar-refractivity contribution in [3.05, 3.63) is 75.4 Å². The number of amides is 1. The van der Waals surface area contributed by atoms with E-state index in [4.69, 9.17) is 13.9 Å². The van der Waals surface area contributed by atoms with Gasteiger partial charge in [0.1, 0.15) is 17.1 Å². The number of rotatable bonds is 8. The third-order valence-corrected chi connectivity index (χ3v) is 6.55. The molecule has 1 aromatic heterocycles. The van der Waals surface area contributed by atoms with Gasteiger partial charge in [0, 0.05) is 26.2 Å². The summed E-state index contributed by atoms with van der Waals surface area (Å²) in [4.78, 5) is 31.1. The van der Waals surface area contributed by atoms with Crippen LogP contribution in [0.5, 0.6) is 5.75 Å². The lowest BCUT2D eigenvalue weighted by Crippen LogP contribution is -2.38. The SMILES string of the molecule is CCCOc1cccc([C@H]2c3c(oc4ccc(F)cc4c3=O)C(=O)N2CCCN2CCOCC2)c1. The molecular weight excluding hydrogens is 451 g/mol. The van der Waals surface area contributed by atoms with Crippen LogP contribution in [0.1, 0.15) is 47.5 Å². The Labute approximate surface area is 203 Å². The molecule has 0 N–H and O–H groups in total. The molecule has 7 nitrogen and oxygen atoms in total. The van der Waals surface area contributed by atoms with Crippen LogP contribution >= 0.6 is 0 Å². The molecule has 2 aliphatic heterocycles. The summed E-state index contributed by atoms with van der Waals surface area (Å²) in [7, 11) is 0. The van der Waals surface area contributed by atoms with Crippen molar-refractivity contribution in [3.8, 4) is 5.75 Å². The van der Waals surface area contributed by atoms with Crippen molar-refractivity contribution in [1.82, 2.24) is 9.80 Å². The van der Waals surface area contributed by atoms with Gasteiger partial charge in [-0.3, -0.25) is 14.5 Å². The summed E-state index contributed by atoms with van der Waals surface area (Å²) in [5.41, 5.74) is 0.847. The van der Waals surface area contributed by atoms with E-state index in [1.54, 1.807) is 4.90 Å². The molecule has 1 atom stereocenters. The predicted molar refractivity (Wildman–Crippen MR) is 129 cm³/mol. The molecule has 35 heavy (non-hydrogen) atoms. The van der Waals surface area contributed by atoms with Crippen molar-refractivity contribution in [2.75, 3.05) is 46.0 Å². The van der Waals surface area contributed by atoms with Crippen molar-refractivity contribution >= 4 is 16.9 Å². The molecule has 0 unspecified atom stereocenters. The molecule has 0 aliphatic carbocycles. The zero-order valence-electron chi connectivity index (χ0n) is 19.8. The summed E-state index contributed by atoms with van der Waals surface area (Å²) in [5, 5.41) is 0.134. The van der Waals surface area contributed by atoms with Crippen LogP contribution in [-0.4, -0.2) is 61.7 Å². The fourth-order valence-electron chi connectivity index (χ4n) is 4.85. The van der Waals surface area contributed by atoms with Gasteiger partial charge in [-0.2, -0.15) is 0 Å². The molecule has 8 heteroatoms. The van der Waals surface area contributed by atoms with Crippen molar-refractivity contribution in [2.45, 2.75) is 25.8 Å². The Kier molecular flexibility index (Phi) is 6.83. The van der Waals surface area contributed by atoms with Crippen LogP contribution in [-0.2, 0) is 4.74 Å². The van der Waals surface area contributed by atoms with E-state index in [1.165, 1.54) is 18.2 Å². The summed E-state index contributed by atoms with van der Waals surface area (Å²) in [6, 6.07) is 10.6. The molecule has 0 saturated carbocycles. The van der Waals surface area contributed by atoms with Crippen LogP contribution in [0.25, 0.3) is 11.0 Å². The first-order chi connectivity index (χ1) is 17.1. The van der Waals surface area contributed by atoms with E-state index >= 15 is 0 Å². The van der Waals surface area contributed by atoms with Gasteiger partial charge in [0.05, 0.1) is 36.8 Å². The number of hydrogen-bond donors (Lipinski definition) is 0. The Balaban J connectivity index is 1.53. The van der Waals surface area contributed by atoms with Crippen LogP contribution in [0.3, 0.4) is 0 Å². The van der Waals surface area contributed by atoms with E-state index < -0.39 is 11.9 Å². The predicted octanol–water partition coefficient (Wildman–Crippen LogP) is 3.99. The molecular formula is C27H29FN2O5. The lowest BCUT2D eigenvalue weighted by molar-refractivity contribution is 0.0353. The summed E-state index contributed by atoms with van der Waals surface area (Å²) < 4.78 is 31.1. The van der Waals surface area contributed by atoms with E-state index in [-0.39, 0.29) is 33.6 Å². The molecule has 0 bridgehead atoms. The minimum atomic E-state index is -0.628. The van der Waals surface area contributed by atoms with E-state index in [2.05, 4.69) is 4.90 Å². The van der Waals surface area contributed by atoms with Crippen LogP contribution < -0.4 is 10.2 Å². The molecule has 0 spiro atoms. The quantitative estimate of drug-likeness (QED) is 0.486. The summed E-state index contributed by atoms with van der Waals surface area (Å²) in [6.45, 7) is 7.03. The number of fused-ring (bicyclic) bond motifs is 2. The van der Waals surface area contributed by atoms with Gasteiger partial charge in [-0.05, 0) is 48.7 Å². The van der Waals surface area contributed by atoms with Gasteiger partial charge in [0.15, 0.2) is 5.43 Å². The average Bonchev–Trinajstić information content (AvgIpc) is 3.16. The largest absolute Gasteiger partial charge is 0.494 e. The highest BCUT2D eigenvalue weighted by atomic mass is 19.1. The fourth-order valence-corrected chi connectivity index (χ4v) is 4.85. The Hall–Kier alpha value is -3.23. The first-order valence-corrected chi connectivity index (χ1v) is 12.2. The van der Waals surface area contributed by atoms with Gasteiger partial charge < -0.3 is 18.8 Å². The average molecular weight is 481 g/mol.